The largest absolute Gasteiger partial charge is 0.493 e. The number of guanidine groups is 1. The highest BCUT2D eigenvalue weighted by Crippen LogP contribution is 2.27. The van der Waals surface area contributed by atoms with Crippen LogP contribution in [-0.4, -0.2) is 51.3 Å². The van der Waals surface area contributed by atoms with Crippen LogP contribution in [0, 0.1) is 0 Å². The Labute approximate surface area is 150 Å². The molecule has 0 aliphatic carbocycles. The maximum Gasteiger partial charge on any atom is 0.191 e. The normalized spacial score (nSPS) is 12.0. The summed E-state index contributed by atoms with van der Waals surface area (Å²) in [7, 11) is 5.11. The highest BCUT2D eigenvalue weighted by atomic mass is 32.2. The van der Waals surface area contributed by atoms with Crippen molar-refractivity contribution in [3.8, 4) is 11.5 Å². The van der Waals surface area contributed by atoms with Gasteiger partial charge in [-0.2, -0.15) is 11.8 Å². The predicted molar refractivity (Wildman–Crippen MR) is 105 cm³/mol. The fourth-order valence-electron chi connectivity index (χ4n) is 2.12. The highest BCUT2D eigenvalue weighted by molar-refractivity contribution is 7.99. The van der Waals surface area contributed by atoms with Gasteiger partial charge in [-0.25, -0.2) is 0 Å². The van der Waals surface area contributed by atoms with Crippen LogP contribution in [0.5, 0.6) is 11.5 Å². The number of aryl methyl sites for hydroxylation is 1. The molecule has 0 unspecified atom stereocenters. The maximum atomic E-state index is 5.34. The van der Waals surface area contributed by atoms with E-state index in [-0.39, 0.29) is 4.75 Å². The van der Waals surface area contributed by atoms with E-state index in [4.69, 9.17) is 9.47 Å². The Morgan fingerprint density at radius 2 is 1.88 bits per heavy atom. The molecule has 0 amide bonds. The van der Waals surface area contributed by atoms with Gasteiger partial charge in [0.05, 0.1) is 14.2 Å². The SMILES string of the molecule is CN=C(NCCCc1ccc(OC)c(OC)c1)NCC(C)(C)SC. The monoisotopic (exact) mass is 353 g/mol. The molecule has 0 heterocycles. The molecule has 24 heavy (non-hydrogen) atoms. The Balaban J connectivity index is 2.39. The first kappa shape index (κ1) is 20.5. The van der Waals surface area contributed by atoms with E-state index in [1.165, 1.54) is 5.56 Å². The van der Waals surface area contributed by atoms with E-state index in [0.717, 1.165) is 43.4 Å². The van der Waals surface area contributed by atoms with Gasteiger partial charge < -0.3 is 20.1 Å². The van der Waals surface area contributed by atoms with E-state index in [0.29, 0.717) is 0 Å². The molecule has 0 aliphatic rings. The summed E-state index contributed by atoms with van der Waals surface area (Å²) >= 11 is 1.84. The summed E-state index contributed by atoms with van der Waals surface area (Å²) in [5.41, 5.74) is 1.24. The van der Waals surface area contributed by atoms with Crippen molar-refractivity contribution >= 4 is 17.7 Å². The van der Waals surface area contributed by atoms with Gasteiger partial charge in [0.25, 0.3) is 0 Å². The molecular formula is C18H31N3O2S. The van der Waals surface area contributed by atoms with Crippen LogP contribution >= 0.6 is 11.8 Å². The molecule has 0 aliphatic heterocycles. The van der Waals surface area contributed by atoms with Gasteiger partial charge in [0, 0.05) is 24.9 Å². The molecule has 1 aromatic carbocycles. The molecule has 0 saturated heterocycles. The van der Waals surface area contributed by atoms with Crippen LogP contribution in [-0.2, 0) is 6.42 Å². The molecule has 0 radical (unpaired) electrons. The van der Waals surface area contributed by atoms with Crippen LogP contribution in [0.4, 0.5) is 0 Å². The molecule has 0 aromatic heterocycles. The van der Waals surface area contributed by atoms with Gasteiger partial charge in [-0.15, -0.1) is 0 Å². The lowest BCUT2D eigenvalue weighted by molar-refractivity contribution is 0.354. The van der Waals surface area contributed by atoms with Crippen molar-refractivity contribution in [2.24, 2.45) is 4.99 Å². The van der Waals surface area contributed by atoms with Crippen LogP contribution in [0.3, 0.4) is 0 Å². The lowest BCUT2D eigenvalue weighted by Gasteiger charge is -2.23. The Bertz CT molecular complexity index is 533. The van der Waals surface area contributed by atoms with Gasteiger partial charge in [0.2, 0.25) is 0 Å². The van der Waals surface area contributed by atoms with Gasteiger partial charge in [-0.1, -0.05) is 6.07 Å². The van der Waals surface area contributed by atoms with E-state index in [1.807, 2.05) is 23.9 Å². The van der Waals surface area contributed by atoms with Crippen LogP contribution in [0.25, 0.3) is 0 Å². The lowest BCUT2D eigenvalue weighted by atomic mass is 10.1. The fraction of sp³-hybridized carbons (Fsp3) is 0.611. The summed E-state index contributed by atoms with van der Waals surface area (Å²) in [5, 5.41) is 6.74. The molecule has 0 bridgehead atoms. The molecule has 2 N–H and O–H groups in total. The molecule has 1 rings (SSSR count). The number of nitrogens with one attached hydrogen (secondary N) is 2. The van der Waals surface area contributed by atoms with Crippen LogP contribution in [0.1, 0.15) is 25.8 Å². The third-order valence-electron chi connectivity index (χ3n) is 3.84. The van der Waals surface area contributed by atoms with E-state index in [9.17, 15) is 0 Å². The number of hydrogen-bond donors (Lipinski definition) is 2. The number of ether oxygens (including phenoxy) is 2. The summed E-state index contributed by atoms with van der Waals surface area (Å²) in [6.45, 7) is 6.18. The van der Waals surface area contributed by atoms with Gasteiger partial charge in [-0.05, 0) is 50.6 Å². The predicted octanol–water partition coefficient (Wildman–Crippen LogP) is 2.94. The molecule has 0 spiro atoms. The summed E-state index contributed by atoms with van der Waals surface area (Å²) in [5.74, 6) is 2.39. The molecular weight excluding hydrogens is 322 g/mol. The molecule has 0 atom stereocenters. The summed E-state index contributed by atoms with van der Waals surface area (Å²) < 4.78 is 10.8. The maximum absolute atomic E-state index is 5.34. The van der Waals surface area contributed by atoms with Crippen molar-refractivity contribution < 1.29 is 9.47 Å². The first-order chi connectivity index (χ1) is 11.5. The van der Waals surface area contributed by atoms with Gasteiger partial charge in [-0.3, -0.25) is 4.99 Å². The minimum absolute atomic E-state index is 0.192. The topological polar surface area (TPSA) is 54.9 Å². The second-order valence-electron chi connectivity index (χ2n) is 6.11. The number of nitrogens with zero attached hydrogens (tertiary/aromatic N) is 1. The second kappa shape index (κ2) is 10.3. The molecule has 5 nitrogen and oxygen atoms in total. The molecule has 0 fully saturated rings. The quantitative estimate of drug-likeness (QED) is 0.406. The first-order valence-electron chi connectivity index (χ1n) is 8.16. The van der Waals surface area contributed by atoms with Crippen molar-refractivity contribution in [1.29, 1.82) is 0 Å². The van der Waals surface area contributed by atoms with E-state index in [1.54, 1.807) is 21.3 Å². The summed E-state index contributed by atoms with van der Waals surface area (Å²) in [6.07, 6.45) is 4.11. The van der Waals surface area contributed by atoms with E-state index >= 15 is 0 Å². The van der Waals surface area contributed by atoms with Crippen molar-refractivity contribution in [3.63, 3.8) is 0 Å². The van der Waals surface area contributed by atoms with Gasteiger partial charge in [0.15, 0.2) is 17.5 Å². The number of rotatable bonds is 9. The first-order valence-corrected chi connectivity index (χ1v) is 9.38. The number of thioether (sulfide) groups is 1. The molecule has 6 heteroatoms. The van der Waals surface area contributed by atoms with Crippen LogP contribution < -0.4 is 20.1 Å². The average molecular weight is 354 g/mol. The fourth-order valence-corrected chi connectivity index (χ4v) is 2.34. The zero-order valence-corrected chi connectivity index (χ0v) is 16.5. The molecule has 1 aromatic rings. The van der Waals surface area contributed by atoms with Crippen molar-refractivity contribution in [3.05, 3.63) is 23.8 Å². The Morgan fingerprint density at radius 1 is 1.17 bits per heavy atom. The van der Waals surface area contributed by atoms with Gasteiger partial charge in [0.1, 0.15) is 0 Å². The molecule has 136 valence electrons. The Hall–Kier alpha value is -1.56. The van der Waals surface area contributed by atoms with E-state index < -0.39 is 0 Å². The number of methoxy groups -OCH3 is 2. The Morgan fingerprint density at radius 3 is 2.46 bits per heavy atom. The highest BCUT2D eigenvalue weighted by Gasteiger charge is 2.15. The number of hydrogen-bond acceptors (Lipinski definition) is 4. The number of aliphatic imine (C=N–C) groups is 1. The zero-order valence-electron chi connectivity index (χ0n) is 15.7. The third kappa shape index (κ3) is 6.91. The third-order valence-corrected chi connectivity index (χ3v) is 5.09. The second-order valence-corrected chi connectivity index (χ2v) is 7.62. The number of benzene rings is 1. The van der Waals surface area contributed by atoms with Crippen molar-refractivity contribution in [1.82, 2.24) is 10.6 Å². The van der Waals surface area contributed by atoms with Crippen molar-refractivity contribution in [2.45, 2.75) is 31.4 Å². The lowest BCUT2D eigenvalue weighted by Crippen LogP contribution is -2.43. The standard InChI is InChI=1S/C18H31N3O2S/c1-18(2,24-6)13-21-17(19-3)20-11-7-8-14-9-10-15(22-4)16(12-14)23-5/h9-10,12H,7-8,11,13H2,1-6H3,(H2,19,20,21). The van der Waals surface area contributed by atoms with E-state index in [2.05, 4.69) is 41.8 Å². The van der Waals surface area contributed by atoms with Crippen LogP contribution in [0.15, 0.2) is 23.2 Å². The Kier molecular flexibility index (Phi) is 8.82. The summed E-state index contributed by atoms with van der Waals surface area (Å²) in [6, 6.07) is 6.06. The smallest absolute Gasteiger partial charge is 0.191 e. The average Bonchev–Trinajstić information content (AvgIpc) is 2.60. The zero-order chi connectivity index (χ0) is 18.0. The van der Waals surface area contributed by atoms with Crippen molar-refractivity contribution in [2.75, 3.05) is 40.6 Å². The molecule has 0 saturated carbocycles. The minimum atomic E-state index is 0.192. The summed E-state index contributed by atoms with van der Waals surface area (Å²) in [4.78, 5) is 4.27. The minimum Gasteiger partial charge on any atom is -0.493 e. The van der Waals surface area contributed by atoms with Gasteiger partial charge >= 0.3 is 0 Å². The van der Waals surface area contributed by atoms with Crippen LogP contribution in [0.2, 0.25) is 0 Å².